The van der Waals surface area contributed by atoms with Gasteiger partial charge in [-0.1, -0.05) is 115 Å². The number of anilines is 4. The van der Waals surface area contributed by atoms with Gasteiger partial charge < -0.3 is 20.3 Å². The van der Waals surface area contributed by atoms with Crippen LogP contribution in [-0.2, 0) is 22.5 Å². The molecule has 0 aliphatic rings. The lowest BCUT2D eigenvalue weighted by molar-refractivity contribution is 0.0587. The van der Waals surface area contributed by atoms with Crippen molar-refractivity contribution < 1.29 is 24.1 Å². The van der Waals surface area contributed by atoms with Crippen LogP contribution < -0.4 is 21.6 Å². The summed E-state index contributed by atoms with van der Waals surface area (Å²) in [4.78, 5) is 63.7. The van der Waals surface area contributed by atoms with E-state index in [9.17, 15) is 14.4 Å². The van der Waals surface area contributed by atoms with Crippen LogP contribution in [0.4, 0.5) is 23.5 Å². The van der Waals surface area contributed by atoms with Gasteiger partial charge in [-0.2, -0.15) is 25.9 Å². The molecular formula is C44H59N7O5. The van der Waals surface area contributed by atoms with Crippen molar-refractivity contribution in [1.29, 1.82) is 0 Å². The van der Waals surface area contributed by atoms with E-state index in [0.717, 1.165) is 75.3 Å². The third-order valence-electron chi connectivity index (χ3n) is 9.58. The molecule has 4 aromatic rings. The summed E-state index contributed by atoms with van der Waals surface area (Å²) in [7, 11) is 0. The number of unbranched alkanes of at least 4 members (excludes halogenated alkanes) is 2. The Hall–Kier alpha value is -5.52. The highest BCUT2D eigenvalue weighted by Gasteiger charge is 2.20. The Labute approximate surface area is 331 Å². The summed E-state index contributed by atoms with van der Waals surface area (Å²) in [6, 6.07) is 21.6. The third kappa shape index (κ3) is 13.6. The summed E-state index contributed by atoms with van der Waals surface area (Å²) >= 11 is 0. The summed E-state index contributed by atoms with van der Waals surface area (Å²) in [5, 5.41) is 6.03. The molecule has 1 heterocycles. The number of carbonyl (C=O) groups is 3. The van der Waals surface area contributed by atoms with Crippen molar-refractivity contribution in [2.75, 3.05) is 16.3 Å². The molecule has 2 atom stereocenters. The number of benzene rings is 3. The number of hydrogen-bond donors (Lipinski definition) is 4. The first-order valence-electron chi connectivity index (χ1n) is 20.0. The number of nitrogens with zero attached hydrogens (tertiary/aromatic N) is 3. The van der Waals surface area contributed by atoms with Crippen molar-refractivity contribution in [2.45, 2.75) is 118 Å². The topological polar surface area (TPSA) is 156 Å². The minimum Gasteiger partial charge on any atom is -0.347 e. The van der Waals surface area contributed by atoms with Crippen LogP contribution in [0.15, 0.2) is 72.8 Å². The highest BCUT2D eigenvalue weighted by atomic mass is 16.7. The van der Waals surface area contributed by atoms with E-state index in [1.54, 1.807) is 48.5 Å². The van der Waals surface area contributed by atoms with Crippen LogP contribution in [0.3, 0.4) is 0 Å². The second kappa shape index (κ2) is 21.5. The van der Waals surface area contributed by atoms with E-state index in [2.05, 4.69) is 64.2 Å². The van der Waals surface area contributed by atoms with Gasteiger partial charge in [-0.3, -0.25) is 4.79 Å². The van der Waals surface area contributed by atoms with E-state index in [-0.39, 0.29) is 29.3 Å². The molecule has 0 fully saturated rings. The lowest BCUT2D eigenvalue weighted by atomic mass is 9.90. The smallest absolute Gasteiger partial charge is 0.347 e. The minimum absolute atomic E-state index is 0.0493. The molecule has 0 saturated heterocycles. The number of hydrogen-bond acceptors (Lipinski definition) is 11. The molecule has 1 aromatic heterocycles. The van der Waals surface area contributed by atoms with Gasteiger partial charge in [0.2, 0.25) is 5.95 Å². The largest absolute Gasteiger partial charge is 0.363 e. The molecule has 12 nitrogen and oxygen atoms in total. The van der Waals surface area contributed by atoms with E-state index in [4.69, 9.17) is 9.68 Å². The number of rotatable bonds is 21. The maximum Gasteiger partial charge on any atom is 0.363 e. The maximum absolute atomic E-state index is 13.4. The van der Waals surface area contributed by atoms with Crippen LogP contribution in [0.1, 0.15) is 142 Å². The highest BCUT2D eigenvalue weighted by Crippen LogP contribution is 2.24. The van der Waals surface area contributed by atoms with Gasteiger partial charge in [0.1, 0.15) is 0 Å². The van der Waals surface area contributed by atoms with Gasteiger partial charge in [-0.15, -0.1) is 0 Å². The number of carbonyl (C=O) groups excluding carboxylic acids is 3. The average Bonchev–Trinajstić information content (AvgIpc) is 3.19. The summed E-state index contributed by atoms with van der Waals surface area (Å²) in [6.07, 6.45) is 10.2. The molecule has 1 amide bonds. The fraction of sp³-hybridized carbons (Fsp3) is 0.455. The van der Waals surface area contributed by atoms with Gasteiger partial charge >= 0.3 is 11.9 Å². The Morgan fingerprint density at radius 3 is 1.50 bits per heavy atom. The van der Waals surface area contributed by atoms with Crippen molar-refractivity contribution in [3.05, 3.63) is 101 Å². The van der Waals surface area contributed by atoms with Crippen molar-refractivity contribution in [2.24, 2.45) is 11.8 Å². The summed E-state index contributed by atoms with van der Waals surface area (Å²) < 4.78 is 0. The van der Waals surface area contributed by atoms with Gasteiger partial charge in [0, 0.05) is 16.8 Å². The van der Waals surface area contributed by atoms with Crippen LogP contribution in [0, 0.1) is 11.8 Å². The average molecular weight is 766 g/mol. The summed E-state index contributed by atoms with van der Waals surface area (Å²) in [5.74, 6) is -0.672. The molecule has 0 bridgehead atoms. The predicted molar refractivity (Wildman–Crippen MR) is 222 cm³/mol. The lowest BCUT2D eigenvalue weighted by Crippen LogP contribution is -2.40. The molecule has 3 aromatic carbocycles. The molecule has 2 unspecified atom stereocenters. The van der Waals surface area contributed by atoms with Crippen molar-refractivity contribution in [1.82, 2.24) is 20.3 Å². The first kappa shape index (κ1) is 43.2. The third-order valence-corrected chi connectivity index (χ3v) is 9.58. The minimum atomic E-state index is -0.591. The molecule has 4 rings (SSSR count). The van der Waals surface area contributed by atoms with Crippen molar-refractivity contribution in [3.8, 4) is 0 Å². The Balaban J connectivity index is 1.55. The van der Waals surface area contributed by atoms with E-state index < -0.39 is 11.9 Å². The number of amides is 1. The quantitative estimate of drug-likeness (QED) is 0.0599. The van der Waals surface area contributed by atoms with Crippen LogP contribution in [0.25, 0.3) is 0 Å². The second-order valence-corrected chi connectivity index (χ2v) is 15.3. The van der Waals surface area contributed by atoms with E-state index >= 15 is 0 Å². The monoisotopic (exact) mass is 765 g/mol. The van der Waals surface area contributed by atoms with Crippen molar-refractivity contribution in [3.63, 3.8) is 0 Å². The van der Waals surface area contributed by atoms with Crippen LogP contribution >= 0.6 is 0 Å². The molecule has 56 heavy (non-hydrogen) atoms. The van der Waals surface area contributed by atoms with Gasteiger partial charge in [0.15, 0.2) is 0 Å². The second-order valence-electron chi connectivity index (χ2n) is 15.3. The maximum atomic E-state index is 13.4. The lowest BCUT2D eigenvalue weighted by Gasteiger charge is -2.20. The zero-order valence-corrected chi connectivity index (χ0v) is 34.0. The SMILES string of the molecule is CCCCC(CC)Cc1ccccc1C(=O)ONc1nc(NOC(=O)c2ccccc2CC(CC)CCCC)nc(Nc2ccc(C(=O)NC(C)(C)C)cc2)n1. The molecule has 0 aliphatic carbocycles. The Kier molecular flexibility index (Phi) is 16.6. The zero-order valence-electron chi connectivity index (χ0n) is 34.0. The number of nitrogens with one attached hydrogen (secondary N) is 4. The molecule has 0 spiro atoms. The summed E-state index contributed by atoms with van der Waals surface area (Å²) in [5.41, 5.74) is 8.52. The Morgan fingerprint density at radius 1 is 0.625 bits per heavy atom. The molecular weight excluding hydrogens is 707 g/mol. The summed E-state index contributed by atoms with van der Waals surface area (Å²) in [6.45, 7) is 14.4. The molecule has 0 aliphatic heterocycles. The standard InChI is InChI=1S/C44H59N7O5/c1-8-12-18-30(10-3)28-33-20-14-16-22-36(33)39(53)55-50-42-46-41(45-35-26-24-32(25-27-35)38(52)49-44(5,6)7)47-43(48-42)51-56-40(54)37-23-17-15-21-34(37)29-31(11-4)19-13-9-2/h14-17,20-27,30-31H,8-13,18-19,28-29H2,1-7H3,(H,49,52)(H3,45,46,47,48,50,51). The zero-order chi connectivity index (χ0) is 40.5. The van der Waals surface area contributed by atoms with E-state index in [1.165, 1.54) is 0 Å². The van der Waals surface area contributed by atoms with Gasteiger partial charge in [-0.25, -0.2) is 9.59 Å². The van der Waals surface area contributed by atoms with Crippen molar-refractivity contribution >= 4 is 41.4 Å². The molecule has 4 N–H and O–H groups in total. The highest BCUT2D eigenvalue weighted by molar-refractivity contribution is 5.95. The Bertz CT molecular complexity index is 1780. The van der Waals surface area contributed by atoms with E-state index in [1.807, 2.05) is 45.0 Å². The van der Waals surface area contributed by atoms with Crippen LogP contribution in [0.5, 0.6) is 0 Å². The first-order chi connectivity index (χ1) is 26.9. The van der Waals surface area contributed by atoms with E-state index in [0.29, 0.717) is 34.2 Å². The first-order valence-corrected chi connectivity index (χ1v) is 20.0. The van der Waals surface area contributed by atoms with Crippen LogP contribution in [-0.4, -0.2) is 38.3 Å². The predicted octanol–water partition coefficient (Wildman–Crippen LogP) is 10.0. The van der Waals surface area contributed by atoms with Gasteiger partial charge in [0.05, 0.1) is 11.1 Å². The fourth-order valence-electron chi connectivity index (χ4n) is 6.37. The van der Waals surface area contributed by atoms with Gasteiger partial charge in [-0.05, 0) is 93.0 Å². The fourth-order valence-corrected chi connectivity index (χ4v) is 6.37. The Morgan fingerprint density at radius 2 is 1.07 bits per heavy atom. The van der Waals surface area contributed by atoms with Gasteiger partial charge in [0.25, 0.3) is 17.8 Å². The molecule has 12 heteroatoms. The van der Waals surface area contributed by atoms with Crippen LogP contribution in [0.2, 0.25) is 0 Å². The normalized spacial score (nSPS) is 12.3. The molecule has 300 valence electrons. The molecule has 0 saturated carbocycles. The number of aromatic nitrogens is 3. The molecule has 0 radical (unpaired) electrons.